The van der Waals surface area contributed by atoms with E-state index in [1.165, 1.54) is 17.4 Å². The third kappa shape index (κ3) is 4.24. The first-order chi connectivity index (χ1) is 13.0. The van der Waals surface area contributed by atoms with E-state index in [-0.39, 0.29) is 12.1 Å². The standard InChI is InChI=1S/C21H27N3O2S/c1-27(25,26)24-16-20-21(17-24)23(15-19-10-6-3-7-11-19)13-12-22(20)14-18-8-4-2-5-9-18/h2-11,20-21H,12-17H2,1H3/t20-,21?/m0/s1. The lowest BCUT2D eigenvalue weighted by Crippen LogP contribution is -2.58. The van der Waals surface area contributed by atoms with Gasteiger partial charge >= 0.3 is 0 Å². The SMILES string of the molecule is CS(=O)(=O)N1CC2[C@H](C1)N(Cc1ccccc1)CCN2Cc1ccccc1. The number of fused-ring (bicyclic) bond motifs is 1. The van der Waals surface area contributed by atoms with Crippen LogP contribution in [0, 0.1) is 0 Å². The molecule has 2 aromatic rings. The lowest BCUT2D eigenvalue weighted by Gasteiger charge is -2.44. The summed E-state index contributed by atoms with van der Waals surface area (Å²) >= 11 is 0. The zero-order valence-electron chi connectivity index (χ0n) is 15.7. The number of hydrogen-bond donors (Lipinski definition) is 0. The van der Waals surface area contributed by atoms with Gasteiger partial charge in [-0.2, -0.15) is 4.31 Å². The highest BCUT2D eigenvalue weighted by molar-refractivity contribution is 7.88. The fourth-order valence-corrected chi connectivity index (χ4v) is 5.19. The molecule has 27 heavy (non-hydrogen) atoms. The van der Waals surface area contributed by atoms with E-state index in [0.29, 0.717) is 13.1 Å². The highest BCUT2D eigenvalue weighted by Gasteiger charge is 2.45. The molecule has 2 heterocycles. The van der Waals surface area contributed by atoms with Gasteiger partial charge in [-0.05, 0) is 11.1 Å². The predicted octanol–water partition coefficient (Wildman–Crippen LogP) is 2.02. The Morgan fingerprint density at radius 1 is 0.778 bits per heavy atom. The second kappa shape index (κ2) is 7.72. The minimum atomic E-state index is -3.17. The Kier molecular flexibility index (Phi) is 5.32. The molecule has 1 unspecified atom stereocenters. The number of rotatable bonds is 5. The van der Waals surface area contributed by atoms with Gasteiger partial charge in [0, 0.05) is 51.4 Å². The maximum atomic E-state index is 12.2. The van der Waals surface area contributed by atoms with Crippen molar-refractivity contribution in [2.24, 2.45) is 0 Å². The van der Waals surface area contributed by atoms with Crippen LogP contribution in [0.2, 0.25) is 0 Å². The van der Waals surface area contributed by atoms with Crippen LogP contribution in [0.15, 0.2) is 60.7 Å². The van der Waals surface area contributed by atoms with E-state index in [2.05, 4.69) is 58.3 Å². The molecule has 6 heteroatoms. The Bertz CT molecular complexity index is 800. The summed E-state index contributed by atoms with van der Waals surface area (Å²) in [5.41, 5.74) is 2.57. The van der Waals surface area contributed by atoms with Gasteiger partial charge in [-0.1, -0.05) is 60.7 Å². The minimum absolute atomic E-state index is 0.234. The van der Waals surface area contributed by atoms with Gasteiger partial charge in [0.05, 0.1) is 6.26 Å². The molecular formula is C21H27N3O2S. The van der Waals surface area contributed by atoms with Gasteiger partial charge < -0.3 is 0 Å². The van der Waals surface area contributed by atoms with Crippen molar-refractivity contribution in [1.82, 2.24) is 14.1 Å². The van der Waals surface area contributed by atoms with E-state index in [9.17, 15) is 8.42 Å². The molecule has 0 N–H and O–H groups in total. The first-order valence-electron chi connectivity index (χ1n) is 9.52. The van der Waals surface area contributed by atoms with Crippen molar-refractivity contribution in [3.63, 3.8) is 0 Å². The Morgan fingerprint density at radius 3 is 1.56 bits per heavy atom. The first-order valence-corrected chi connectivity index (χ1v) is 11.4. The molecule has 0 aliphatic carbocycles. The molecule has 2 aromatic carbocycles. The average Bonchev–Trinajstić information content (AvgIpc) is 3.12. The molecule has 0 aromatic heterocycles. The van der Waals surface area contributed by atoms with Crippen molar-refractivity contribution in [1.29, 1.82) is 0 Å². The molecular weight excluding hydrogens is 358 g/mol. The maximum absolute atomic E-state index is 12.2. The van der Waals surface area contributed by atoms with E-state index < -0.39 is 10.0 Å². The summed E-state index contributed by atoms with van der Waals surface area (Å²) < 4.78 is 26.0. The average molecular weight is 386 g/mol. The summed E-state index contributed by atoms with van der Waals surface area (Å²) in [7, 11) is -3.17. The van der Waals surface area contributed by atoms with Gasteiger partial charge in [-0.3, -0.25) is 9.80 Å². The molecule has 2 aliphatic rings. The molecule has 4 rings (SSSR count). The van der Waals surface area contributed by atoms with Gasteiger partial charge in [0.25, 0.3) is 0 Å². The maximum Gasteiger partial charge on any atom is 0.211 e. The smallest absolute Gasteiger partial charge is 0.211 e. The molecule has 0 spiro atoms. The fourth-order valence-electron chi connectivity index (χ4n) is 4.34. The van der Waals surface area contributed by atoms with Crippen LogP contribution in [0.4, 0.5) is 0 Å². The van der Waals surface area contributed by atoms with Crippen LogP contribution in [0.5, 0.6) is 0 Å². The Morgan fingerprint density at radius 2 is 1.19 bits per heavy atom. The molecule has 0 amide bonds. The van der Waals surface area contributed by atoms with E-state index in [1.807, 2.05) is 12.1 Å². The Balaban J connectivity index is 1.55. The van der Waals surface area contributed by atoms with Crippen LogP contribution in [-0.4, -0.2) is 67.0 Å². The van der Waals surface area contributed by atoms with E-state index in [0.717, 1.165) is 26.2 Å². The second-order valence-corrected chi connectivity index (χ2v) is 9.61. The third-order valence-corrected chi connectivity index (χ3v) is 7.00. The minimum Gasteiger partial charge on any atom is -0.292 e. The van der Waals surface area contributed by atoms with Crippen molar-refractivity contribution in [2.75, 3.05) is 32.4 Å². The summed E-state index contributed by atoms with van der Waals surface area (Å²) in [6, 6.07) is 21.4. The van der Waals surface area contributed by atoms with Crippen molar-refractivity contribution >= 4 is 10.0 Å². The lowest BCUT2D eigenvalue weighted by atomic mass is 10.0. The summed E-state index contributed by atoms with van der Waals surface area (Å²) in [6.45, 7) is 4.84. The lowest BCUT2D eigenvalue weighted by molar-refractivity contribution is 0.0355. The van der Waals surface area contributed by atoms with Crippen molar-refractivity contribution < 1.29 is 8.42 Å². The monoisotopic (exact) mass is 385 g/mol. The first kappa shape index (κ1) is 18.6. The van der Waals surface area contributed by atoms with Gasteiger partial charge in [0.15, 0.2) is 0 Å². The molecule has 2 aliphatic heterocycles. The summed E-state index contributed by atoms with van der Waals surface area (Å²) in [4.78, 5) is 4.93. The van der Waals surface area contributed by atoms with Gasteiger partial charge in [-0.25, -0.2) is 8.42 Å². The van der Waals surface area contributed by atoms with E-state index >= 15 is 0 Å². The Labute approximate surface area is 162 Å². The number of piperazine rings is 1. The van der Waals surface area contributed by atoms with E-state index in [1.54, 1.807) is 4.31 Å². The molecule has 144 valence electrons. The number of sulfonamides is 1. The van der Waals surface area contributed by atoms with Crippen molar-refractivity contribution in [3.8, 4) is 0 Å². The summed E-state index contributed by atoms with van der Waals surface area (Å²) in [5.74, 6) is 0. The largest absolute Gasteiger partial charge is 0.292 e. The third-order valence-electron chi connectivity index (χ3n) is 5.76. The molecule has 0 radical (unpaired) electrons. The molecule has 2 atom stereocenters. The normalized spacial score (nSPS) is 24.8. The van der Waals surface area contributed by atoms with Gasteiger partial charge in [-0.15, -0.1) is 0 Å². The van der Waals surface area contributed by atoms with Gasteiger partial charge in [0.1, 0.15) is 0 Å². The van der Waals surface area contributed by atoms with Crippen LogP contribution in [0.3, 0.4) is 0 Å². The zero-order chi connectivity index (χ0) is 18.9. The topological polar surface area (TPSA) is 43.9 Å². The number of benzene rings is 2. The molecule has 2 fully saturated rings. The summed E-state index contributed by atoms with van der Waals surface area (Å²) in [5, 5.41) is 0. The number of nitrogens with zero attached hydrogens (tertiary/aromatic N) is 3. The molecule has 2 saturated heterocycles. The van der Waals surface area contributed by atoms with Crippen LogP contribution in [-0.2, 0) is 23.1 Å². The predicted molar refractivity (Wildman–Crippen MR) is 108 cm³/mol. The highest BCUT2D eigenvalue weighted by Crippen LogP contribution is 2.29. The molecule has 5 nitrogen and oxygen atoms in total. The fraction of sp³-hybridized carbons (Fsp3) is 0.429. The van der Waals surface area contributed by atoms with Crippen molar-refractivity contribution in [3.05, 3.63) is 71.8 Å². The summed E-state index contributed by atoms with van der Waals surface area (Å²) in [6.07, 6.45) is 1.33. The molecule has 0 bridgehead atoms. The highest BCUT2D eigenvalue weighted by atomic mass is 32.2. The molecule has 0 saturated carbocycles. The van der Waals surface area contributed by atoms with Crippen LogP contribution < -0.4 is 0 Å². The zero-order valence-corrected chi connectivity index (χ0v) is 16.6. The van der Waals surface area contributed by atoms with Crippen LogP contribution >= 0.6 is 0 Å². The van der Waals surface area contributed by atoms with Crippen molar-refractivity contribution in [2.45, 2.75) is 25.2 Å². The quantitative estimate of drug-likeness (QED) is 0.790. The van der Waals surface area contributed by atoms with Crippen LogP contribution in [0.1, 0.15) is 11.1 Å². The second-order valence-electron chi connectivity index (χ2n) is 7.63. The van der Waals surface area contributed by atoms with E-state index in [4.69, 9.17) is 0 Å². The Hall–Kier alpha value is -1.73. The van der Waals surface area contributed by atoms with Gasteiger partial charge in [0.2, 0.25) is 10.0 Å². The van der Waals surface area contributed by atoms with Crippen LogP contribution in [0.25, 0.3) is 0 Å². The number of hydrogen-bond acceptors (Lipinski definition) is 4.